The molecule has 17 heavy (non-hydrogen) atoms. The van der Waals surface area contributed by atoms with E-state index < -0.39 is 11.7 Å². The van der Waals surface area contributed by atoms with Gasteiger partial charge in [-0.2, -0.15) is 13.2 Å². The van der Waals surface area contributed by atoms with E-state index in [2.05, 4.69) is 15.2 Å². The Morgan fingerprint density at radius 3 is 2.35 bits per heavy atom. The van der Waals surface area contributed by atoms with E-state index in [-0.39, 0.29) is 0 Å². The van der Waals surface area contributed by atoms with Crippen LogP contribution in [-0.4, -0.2) is 17.5 Å². The second kappa shape index (κ2) is 4.87. The standard InChI is InChI=1S/C10H8F3N3S/c11-10(12,13)7-1-3-8(4-2-7)15-16-9-14-5-6-17-9/h1-4H,5-6H2/b16-15+. The van der Waals surface area contributed by atoms with Crippen LogP contribution in [0.25, 0.3) is 0 Å². The van der Waals surface area contributed by atoms with E-state index in [1.165, 1.54) is 23.9 Å². The van der Waals surface area contributed by atoms with Crippen LogP contribution in [0.1, 0.15) is 5.56 Å². The minimum absolute atomic E-state index is 0.383. The Morgan fingerprint density at radius 1 is 1.12 bits per heavy atom. The molecule has 0 amide bonds. The maximum atomic E-state index is 12.3. The average Bonchev–Trinajstić information content (AvgIpc) is 2.78. The van der Waals surface area contributed by atoms with Gasteiger partial charge in [0.2, 0.25) is 5.17 Å². The second-order valence-electron chi connectivity index (χ2n) is 3.26. The Labute approximate surface area is 99.8 Å². The van der Waals surface area contributed by atoms with Gasteiger partial charge in [-0.15, -0.1) is 10.2 Å². The molecule has 0 N–H and O–H groups in total. The first-order chi connectivity index (χ1) is 8.05. The normalized spacial score (nSPS) is 16.5. The smallest absolute Gasteiger partial charge is 0.258 e. The van der Waals surface area contributed by atoms with Crippen molar-refractivity contribution in [3.8, 4) is 0 Å². The predicted molar refractivity (Wildman–Crippen MR) is 60.7 cm³/mol. The molecule has 7 heteroatoms. The fourth-order valence-corrected chi connectivity index (χ4v) is 1.85. The zero-order valence-electron chi connectivity index (χ0n) is 8.61. The molecule has 0 saturated carbocycles. The summed E-state index contributed by atoms with van der Waals surface area (Å²) < 4.78 is 36.8. The third-order valence-corrected chi connectivity index (χ3v) is 2.87. The lowest BCUT2D eigenvalue weighted by atomic mass is 10.2. The molecule has 2 rings (SSSR count). The molecule has 0 fully saturated rings. The van der Waals surface area contributed by atoms with Crippen molar-refractivity contribution in [3.05, 3.63) is 29.8 Å². The first kappa shape index (κ1) is 12.1. The largest absolute Gasteiger partial charge is 0.416 e. The molecule has 1 heterocycles. The highest BCUT2D eigenvalue weighted by Gasteiger charge is 2.29. The average molecular weight is 259 g/mol. The van der Waals surface area contributed by atoms with Crippen LogP contribution in [0.5, 0.6) is 0 Å². The SMILES string of the molecule is FC(F)(F)c1ccc(/N=N/C2=NCCS2)cc1. The van der Waals surface area contributed by atoms with Gasteiger partial charge in [-0.05, 0) is 24.3 Å². The molecule has 1 aromatic carbocycles. The molecule has 0 radical (unpaired) electrons. The van der Waals surface area contributed by atoms with E-state index in [1.54, 1.807) is 0 Å². The van der Waals surface area contributed by atoms with E-state index >= 15 is 0 Å². The summed E-state index contributed by atoms with van der Waals surface area (Å²) in [4.78, 5) is 4.05. The summed E-state index contributed by atoms with van der Waals surface area (Å²) in [6, 6.07) is 4.54. The molecule has 1 aliphatic rings. The van der Waals surface area contributed by atoms with Crippen LogP contribution in [-0.2, 0) is 6.18 Å². The number of rotatable bonds is 1. The van der Waals surface area contributed by atoms with E-state index in [4.69, 9.17) is 0 Å². The molecular weight excluding hydrogens is 251 g/mol. The van der Waals surface area contributed by atoms with Crippen LogP contribution >= 0.6 is 11.8 Å². The minimum Gasteiger partial charge on any atom is -0.258 e. The number of thioether (sulfide) groups is 1. The van der Waals surface area contributed by atoms with Crippen LogP contribution in [0, 0.1) is 0 Å². The number of hydrogen-bond acceptors (Lipinski definition) is 4. The minimum atomic E-state index is -4.32. The molecule has 0 spiro atoms. The van der Waals surface area contributed by atoms with Crippen molar-refractivity contribution >= 4 is 22.6 Å². The van der Waals surface area contributed by atoms with Crippen LogP contribution < -0.4 is 0 Å². The molecule has 0 bridgehead atoms. The zero-order valence-corrected chi connectivity index (χ0v) is 9.42. The lowest BCUT2D eigenvalue weighted by molar-refractivity contribution is -0.137. The monoisotopic (exact) mass is 259 g/mol. The van der Waals surface area contributed by atoms with Gasteiger partial charge in [-0.1, -0.05) is 11.8 Å². The molecule has 1 aromatic rings. The van der Waals surface area contributed by atoms with Crippen molar-refractivity contribution in [2.24, 2.45) is 15.2 Å². The van der Waals surface area contributed by atoms with Gasteiger partial charge in [0.1, 0.15) is 0 Å². The van der Waals surface area contributed by atoms with Crippen LogP contribution in [0.15, 0.2) is 39.5 Å². The summed E-state index contributed by atoms with van der Waals surface area (Å²) in [6.45, 7) is 0.714. The number of hydrogen-bond donors (Lipinski definition) is 0. The molecule has 0 aliphatic carbocycles. The van der Waals surface area contributed by atoms with Crippen molar-refractivity contribution in [2.45, 2.75) is 6.18 Å². The fraction of sp³-hybridized carbons (Fsp3) is 0.300. The highest BCUT2D eigenvalue weighted by molar-refractivity contribution is 8.14. The van der Waals surface area contributed by atoms with Crippen LogP contribution in [0.2, 0.25) is 0 Å². The molecule has 3 nitrogen and oxygen atoms in total. The highest BCUT2D eigenvalue weighted by Crippen LogP contribution is 2.30. The lowest BCUT2D eigenvalue weighted by Gasteiger charge is -2.05. The van der Waals surface area contributed by atoms with Crippen LogP contribution in [0.4, 0.5) is 18.9 Å². The summed E-state index contributed by atoms with van der Waals surface area (Å²) in [5.74, 6) is 0.876. The Balaban J connectivity index is 2.08. The first-order valence-corrected chi connectivity index (χ1v) is 5.80. The lowest BCUT2D eigenvalue weighted by Crippen LogP contribution is -2.03. The van der Waals surface area contributed by atoms with Gasteiger partial charge < -0.3 is 0 Å². The summed E-state index contributed by atoms with van der Waals surface area (Å²) in [6.07, 6.45) is -4.32. The van der Waals surface area contributed by atoms with E-state index in [1.807, 2.05) is 0 Å². The van der Waals surface area contributed by atoms with Crippen molar-refractivity contribution < 1.29 is 13.2 Å². The Kier molecular flexibility index (Phi) is 3.46. The van der Waals surface area contributed by atoms with Gasteiger partial charge in [-0.3, -0.25) is 4.99 Å². The van der Waals surface area contributed by atoms with Gasteiger partial charge in [0.15, 0.2) is 0 Å². The number of azo groups is 1. The molecule has 90 valence electrons. The molecule has 0 saturated heterocycles. The highest BCUT2D eigenvalue weighted by atomic mass is 32.2. The van der Waals surface area contributed by atoms with Gasteiger partial charge in [-0.25, -0.2) is 0 Å². The Morgan fingerprint density at radius 2 is 1.82 bits per heavy atom. The summed E-state index contributed by atoms with van der Waals surface area (Å²) in [5.41, 5.74) is -0.308. The van der Waals surface area contributed by atoms with Crippen molar-refractivity contribution in [2.75, 3.05) is 12.3 Å². The van der Waals surface area contributed by atoms with Gasteiger partial charge in [0, 0.05) is 5.75 Å². The quantitative estimate of drug-likeness (QED) is 0.705. The maximum absolute atomic E-state index is 12.3. The van der Waals surface area contributed by atoms with Gasteiger partial charge in [0.25, 0.3) is 0 Å². The van der Waals surface area contributed by atoms with Crippen molar-refractivity contribution in [1.29, 1.82) is 0 Å². The van der Waals surface area contributed by atoms with Crippen LogP contribution in [0.3, 0.4) is 0 Å². The molecule has 0 atom stereocenters. The molecule has 0 aromatic heterocycles. The predicted octanol–water partition coefficient (Wildman–Crippen LogP) is 3.89. The van der Waals surface area contributed by atoms with E-state index in [9.17, 15) is 13.2 Å². The number of halogens is 3. The number of aliphatic imine (C=N–C) groups is 1. The molecule has 1 aliphatic heterocycles. The second-order valence-corrected chi connectivity index (χ2v) is 4.32. The maximum Gasteiger partial charge on any atom is 0.416 e. The summed E-state index contributed by atoms with van der Waals surface area (Å²) in [7, 11) is 0. The number of amidine groups is 1. The van der Waals surface area contributed by atoms with Gasteiger partial charge in [0.05, 0.1) is 17.8 Å². The number of nitrogens with zero attached hydrogens (tertiary/aromatic N) is 3. The fourth-order valence-electron chi connectivity index (χ4n) is 1.20. The Hall–Kier alpha value is -1.37. The third kappa shape index (κ3) is 3.29. The van der Waals surface area contributed by atoms with E-state index in [0.29, 0.717) is 17.4 Å². The number of alkyl halides is 3. The molecule has 0 unspecified atom stereocenters. The topological polar surface area (TPSA) is 37.1 Å². The van der Waals surface area contributed by atoms with E-state index in [0.717, 1.165) is 17.9 Å². The van der Waals surface area contributed by atoms with Gasteiger partial charge >= 0.3 is 6.18 Å². The zero-order chi connectivity index (χ0) is 12.3. The van der Waals surface area contributed by atoms with Crippen molar-refractivity contribution in [3.63, 3.8) is 0 Å². The number of benzene rings is 1. The summed E-state index contributed by atoms with van der Waals surface area (Å²) >= 11 is 1.48. The third-order valence-electron chi connectivity index (χ3n) is 2.02. The molecular formula is C10H8F3N3S. The Bertz CT molecular complexity index is 451. The summed E-state index contributed by atoms with van der Waals surface area (Å²) in [5, 5.41) is 8.23. The first-order valence-electron chi connectivity index (χ1n) is 4.82. The van der Waals surface area contributed by atoms with Crippen molar-refractivity contribution in [1.82, 2.24) is 0 Å².